The molecule has 80 valence electrons. The van der Waals surface area contributed by atoms with Crippen LogP contribution in [0.25, 0.3) is 0 Å². The molecule has 0 aromatic rings. The highest BCUT2D eigenvalue weighted by Gasteiger charge is 2.03. The summed E-state index contributed by atoms with van der Waals surface area (Å²) >= 11 is 0. The maximum Gasteiger partial charge on any atom is 0.140 e. The average molecular weight is 206 g/mol. The molecule has 3 heteroatoms. The molecule has 0 N–H and O–H groups in total. The Kier molecular flexibility index (Phi) is 7.33. The van der Waals surface area contributed by atoms with E-state index in [1.54, 1.807) is 0 Å². The van der Waals surface area contributed by atoms with Crippen LogP contribution in [0.4, 0.5) is 0 Å². The van der Waals surface area contributed by atoms with E-state index in [0.29, 0.717) is 11.7 Å². The predicted octanol–water partition coefficient (Wildman–Crippen LogP) is 2.45. The minimum Gasteiger partial charge on any atom is -0.232 e. The standard InChI is InChI=1S/C10H22O2S/c1-9(2)5-4-6-10(3)7-8-13(11)12/h9-10,13H,4-8H2,1-3H3. The van der Waals surface area contributed by atoms with Crippen LogP contribution in [0, 0.1) is 11.8 Å². The van der Waals surface area contributed by atoms with Crippen molar-refractivity contribution in [2.24, 2.45) is 11.8 Å². The lowest BCUT2D eigenvalue weighted by molar-refractivity contribution is 0.449. The van der Waals surface area contributed by atoms with Crippen LogP contribution in [-0.4, -0.2) is 14.2 Å². The molecule has 0 bridgehead atoms. The largest absolute Gasteiger partial charge is 0.232 e. The Morgan fingerprint density at radius 3 is 2.08 bits per heavy atom. The van der Waals surface area contributed by atoms with Crippen molar-refractivity contribution in [1.29, 1.82) is 0 Å². The van der Waals surface area contributed by atoms with Crippen LogP contribution >= 0.6 is 0 Å². The molecule has 0 aromatic carbocycles. The summed E-state index contributed by atoms with van der Waals surface area (Å²) in [5, 5.41) is 0. The smallest absolute Gasteiger partial charge is 0.140 e. The van der Waals surface area contributed by atoms with Crippen LogP contribution in [0.3, 0.4) is 0 Å². The molecule has 0 aromatic heterocycles. The molecule has 0 heterocycles. The van der Waals surface area contributed by atoms with Crippen LogP contribution in [0.2, 0.25) is 0 Å². The maximum atomic E-state index is 10.3. The van der Waals surface area contributed by atoms with Gasteiger partial charge in [-0.15, -0.1) is 0 Å². The van der Waals surface area contributed by atoms with Crippen molar-refractivity contribution in [2.75, 3.05) is 5.75 Å². The summed E-state index contributed by atoms with van der Waals surface area (Å²) in [5.74, 6) is 1.69. The fourth-order valence-electron chi connectivity index (χ4n) is 1.34. The van der Waals surface area contributed by atoms with Gasteiger partial charge >= 0.3 is 0 Å². The Morgan fingerprint density at radius 2 is 1.62 bits per heavy atom. The van der Waals surface area contributed by atoms with Crippen molar-refractivity contribution in [3.63, 3.8) is 0 Å². The molecule has 0 amide bonds. The molecule has 0 aliphatic carbocycles. The van der Waals surface area contributed by atoms with Crippen molar-refractivity contribution >= 4 is 10.7 Å². The molecule has 0 saturated heterocycles. The van der Waals surface area contributed by atoms with Gasteiger partial charge in [-0.25, -0.2) is 8.42 Å². The first-order valence-electron chi connectivity index (χ1n) is 5.14. The van der Waals surface area contributed by atoms with Crippen LogP contribution < -0.4 is 0 Å². The fraction of sp³-hybridized carbons (Fsp3) is 1.00. The quantitative estimate of drug-likeness (QED) is 0.649. The molecular formula is C10H22O2S. The third-order valence-electron chi connectivity index (χ3n) is 2.28. The summed E-state index contributed by atoms with van der Waals surface area (Å²) in [5.41, 5.74) is 0. The molecule has 0 spiro atoms. The molecule has 0 fully saturated rings. The molecular weight excluding hydrogens is 184 g/mol. The van der Waals surface area contributed by atoms with Gasteiger partial charge in [0.25, 0.3) is 0 Å². The van der Waals surface area contributed by atoms with Gasteiger partial charge in [-0.2, -0.15) is 0 Å². The second kappa shape index (κ2) is 7.36. The third-order valence-corrected chi connectivity index (χ3v) is 2.91. The lowest BCUT2D eigenvalue weighted by Crippen LogP contribution is -2.00. The van der Waals surface area contributed by atoms with E-state index >= 15 is 0 Å². The molecule has 2 nitrogen and oxygen atoms in total. The first-order chi connectivity index (χ1) is 6.02. The van der Waals surface area contributed by atoms with Gasteiger partial charge in [0.05, 0.1) is 0 Å². The van der Waals surface area contributed by atoms with Crippen molar-refractivity contribution in [3.8, 4) is 0 Å². The van der Waals surface area contributed by atoms with E-state index in [4.69, 9.17) is 0 Å². The van der Waals surface area contributed by atoms with E-state index in [1.165, 1.54) is 19.3 Å². The normalized spacial score (nSPS) is 13.9. The second-order valence-electron chi connectivity index (χ2n) is 4.27. The highest BCUT2D eigenvalue weighted by Crippen LogP contribution is 2.14. The van der Waals surface area contributed by atoms with Crippen molar-refractivity contribution in [2.45, 2.75) is 46.5 Å². The summed E-state index contributed by atoms with van der Waals surface area (Å²) in [4.78, 5) is 0. The van der Waals surface area contributed by atoms with Gasteiger partial charge in [0.15, 0.2) is 0 Å². The monoisotopic (exact) mass is 206 g/mol. The third kappa shape index (κ3) is 9.87. The first kappa shape index (κ1) is 12.9. The molecule has 1 unspecified atom stereocenters. The summed E-state index contributed by atoms with van der Waals surface area (Å²) in [7, 11) is -2.16. The van der Waals surface area contributed by atoms with Gasteiger partial charge in [-0.05, 0) is 18.3 Å². The summed E-state index contributed by atoms with van der Waals surface area (Å²) in [6.45, 7) is 6.58. The van der Waals surface area contributed by atoms with Crippen molar-refractivity contribution in [1.82, 2.24) is 0 Å². The van der Waals surface area contributed by atoms with Gasteiger partial charge in [0.2, 0.25) is 0 Å². The lowest BCUT2D eigenvalue weighted by Gasteiger charge is -2.10. The van der Waals surface area contributed by atoms with E-state index < -0.39 is 10.7 Å². The van der Waals surface area contributed by atoms with E-state index in [0.717, 1.165) is 12.3 Å². The second-order valence-corrected chi connectivity index (χ2v) is 5.39. The predicted molar refractivity (Wildman–Crippen MR) is 57.7 cm³/mol. The molecule has 13 heavy (non-hydrogen) atoms. The topological polar surface area (TPSA) is 34.1 Å². The highest BCUT2D eigenvalue weighted by molar-refractivity contribution is 7.72. The van der Waals surface area contributed by atoms with Gasteiger partial charge in [-0.3, -0.25) is 0 Å². The van der Waals surface area contributed by atoms with Gasteiger partial charge in [0, 0.05) is 5.75 Å². The van der Waals surface area contributed by atoms with E-state index in [1.807, 2.05) is 0 Å². The first-order valence-corrected chi connectivity index (χ1v) is 6.50. The Balaban J connectivity index is 3.35. The number of hydrogen-bond acceptors (Lipinski definition) is 2. The SMILES string of the molecule is CC(C)CCCC(C)CC[SH](=O)=O. The van der Waals surface area contributed by atoms with Crippen LogP contribution in [-0.2, 0) is 10.7 Å². The van der Waals surface area contributed by atoms with Crippen molar-refractivity contribution < 1.29 is 8.42 Å². The van der Waals surface area contributed by atoms with E-state index in [2.05, 4.69) is 20.8 Å². The zero-order chi connectivity index (χ0) is 10.3. The Labute approximate surface area is 83.7 Å². The van der Waals surface area contributed by atoms with Crippen LogP contribution in [0.15, 0.2) is 0 Å². The number of hydrogen-bond donors (Lipinski definition) is 1. The molecule has 0 rings (SSSR count). The molecule has 0 saturated carbocycles. The van der Waals surface area contributed by atoms with Crippen LogP contribution in [0.5, 0.6) is 0 Å². The van der Waals surface area contributed by atoms with E-state index in [-0.39, 0.29) is 0 Å². The highest BCUT2D eigenvalue weighted by atomic mass is 32.2. The maximum absolute atomic E-state index is 10.3. The Morgan fingerprint density at radius 1 is 1.00 bits per heavy atom. The van der Waals surface area contributed by atoms with Crippen molar-refractivity contribution in [3.05, 3.63) is 0 Å². The Hall–Kier alpha value is -0.0500. The minimum atomic E-state index is -2.16. The zero-order valence-electron chi connectivity index (χ0n) is 8.95. The number of thiol groups is 1. The summed E-state index contributed by atoms with van der Waals surface area (Å²) in [6.07, 6.45) is 4.49. The molecule has 0 aliphatic rings. The average Bonchev–Trinajstić information content (AvgIpc) is 2.00. The lowest BCUT2D eigenvalue weighted by atomic mass is 9.98. The summed E-state index contributed by atoms with van der Waals surface area (Å²) < 4.78 is 20.6. The molecule has 0 radical (unpaired) electrons. The fourth-order valence-corrected chi connectivity index (χ4v) is 2.00. The minimum absolute atomic E-state index is 0.359. The molecule has 1 atom stereocenters. The number of rotatable bonds is 7. The molecule has 0 aliphatic heterocycles. The van der Waals surface area contributed by atoms with Gasteiger partial charge in [-0.1, -0.05) is 40.0 Å². The van der Waals surface area contributed by atoms with Gasteiger partial charge in [0.1, 0.15) is 10.7 Å². The van der Waals surface area contributed by atoms with E-state index in [9.17, 15) is 8.42 Å². The van der Waals surface area contributed by atoms with Gasteiger partial charge < -0.3 is 0 Å². The van der Waals surface area contributed by atoms with Crippen LogP contribution in [0.1, 0.15) is 46.5 Å². The summed E-state index contributed by atoms with van der Waals surface area (Å²) in [6, 6.07) is 0. The Bertz CT molecular complexity index is 177. The zero-order valence-corrected chi connectivity index (χ0v) is 9.85.